The Hall–Kier alpha value is -1.84. The van der Waals surface area contributed by atoms with Crippen molar-refractivity contribution in [2.45, 2.75) is 25.8 Å². The van der Waals surface area contributed by atoms with E-state index in [1.807, 2.05) is 0 Å². The lowest BCUT2D eigenvalue weighted by atomic mass is 9.92. The summed E-state index contributed by atoms with van der Waals surface area (Å²) in [6.45, 7) is 2.23. The van der Waals surface area contributed by atoms with Crippen LogP contribution < -0.4 is 5.32 Å². The molecule has 4 nitrogen and oxygen atoms in total. The third kappa shape index (κ3) is 3.06. The van der Waals surface area contributed by atoms with Gasteiger partial charge in [0.05, 0.1) is 4.92 Å². The highest BCUT2D eigenvalue weighted by Crippen LogP contribution is 2.22. The molecule has 1 aromatic carbocycles. The number of benzene rings is 1. The van der Waals surface area contributed by atoms with E-state index in [4.69, 9.17) is 0 Å². The van der Waals surface area contributed by atoms with Crippen LogP contribution in [0.1, 0.15) is 19.8 Å². The van der Waals surface area contributed by atoms with Crippen molar-refractivity contribution >= 4 is 11.4 Å². The zero-order valence-corrected chi connectivity index (χ0v) is 9.80. The molecule has 90 valence electrons. The molecule has 0 spiro atoms. The zero-order chi connectivity index (χ0) is 12.3. The second kappa shape index (κ2) is 4.99. The largest absolute Gasteiger partial charge is 0.379 e. The Morgan fingerprint density at radius 3 is 2.65 bits per heavy atom. The number of nitro benzene ring substituents is 1. The zero-order valence-electron chi connectivity index (χ0n) is 9.80. The van der Waals surface area contributed by atoms with Gasteiger partial charge >= 0.3 is 0 Å². The number of non-ortho nitro benzene ring substituents is 1. The minimum absolute atomic E-state index is 0.128. The molecular formula is C13H16N2O2. The second-order valence-corrected chi connectivity index (χ2v) is 4.56. The van der Waals surface area contributed by atoms with Crippen molar-refractivity contribution in [3.8, 4) is 0 Å². The van der Waals surface area contributed by atoms with Gasteiger partial charge in [0.2, 0.25) is 0 Å². The second-order valence-electron chi connectivity index (χ2n) is 4.56. The first kappa shape index (κ1) is 11.6. The van der Waals surface area contributed by atoms with Gasteiger partial charge in [-0.15, -0.1) is 0 Å². The van der Waals surface area contributed by atoms with E-state index in [9.17, 15) is 10.1 Å². The summed E-state index contributed by atoms with van der Waals surface area (Å²) in [4.78, 5) is 10.1. The third-order valence-electron chi connectivity index (χ3n) is 2.99. The topological polar surface area (TPSA) is 55.2 Å². The average Bonchev–Trinajstić information content (AvgIpc) is 2.29. The standard InChI is InChI=1S/C13H16N2O2/c1-10-3-2-4-12(9-10)14-11-5-7-13(8-6-11)15(16)17/h2,4-8,10,12,14H,3,9H2,1H3/t10-,12+/m0/s1. The van der Waals surface area contributed by atoms with Gasteiger partial charge < -0.3 is 5.32 Å². The molecule has 0 saturated heterocycles. The molecule has 0 bridgehead atoms. The SMILES string of the molecule is C[C@H]1CC=C[C@@H](Nc2ccc([N+](=O)[O-])cc2)C1. The fourth-order valence-corrected chi connectivity index (χ4v) is 2.08. The van der Waals surface area contributed by atoms with Crippen molar-refractivity contribution in [2.75, 3.05) is 5.32 Å². The summed E-state index contributed by atoms with van der Waals surface area (Å²) in [7, 11) is 0. The van der Waals surface area contributed by atoms with Gasteiger partial charge in [-0.2, -0.15) is 0 Å². The molecule has 2 rings (SSSR count). The van der Waals surface area contributed by atoms with E-state index in [1.165, 1.54) is 12.1 Å². The highest BCUT2D eigenvalue weighted by atomic mass is 16.6. The van der Waals surface area contributed by atoms with Gasteiger partial charge in [0.1, 0.15) is 0 Å². The molecule has 0 radical (unpaired) electrons. The summed E-state index contributed by atoms with van der Waals surface area (Å²) in [5.41, 5.74) is 1.06. The maximum atomic E-state index is 10.5. The summed E-state index contributed by atoms with van der Waals surface area (Å²) in [5.74, 6) is 0.690. The Labute approximate surface area is 100 Å². The molecule has 0 unspecified atom stereocenters. The Morgan fingerprint density at radius 1 is 1.35 bits per heavy atom. The van der Waals surface area contributed by atoms with Gasteiger partial charge in [-0.05, 0) is 30.9 Å². The molecule has 17 heavy (non-hydrogen) atoms. The molecule has 0 aliphatic heterocycles. The van der Waals surface area contributed by atoms with Crippen LogP contribution in [0.3, 0.4) is 0 Å². The first-order valence-electron chi connectivity index (χ1n) is 5.83. The van der Waals surface area contributed by atoms with Gasteiger partial charge in [0.25, 0.3) is 5.69 Å². The number of anilines is 1. The quantitative estimate of drug-likeness (QED) is 0.494. The molecule has 1 aromatic rings. The molecular weight excluding hydrogens is 216 g/mol. The molecule has 0 saturated carbocycles. The van der Waals surface area contributed by atoms with Crippen molar-refractivity contribution in [3.63, 3.8) is 0 Å². The van der Waals surface area contributed by atoms with Crippen LogP contribution in [0, 0.1) is 16.0 Å². The first-order valence-corrected chi connectivity index (χ1v) is 5.83. The van der Waals surface area contributed by atoms with E-state index >= 15 is 0 Å². The van der Waals surface area contributed by atoms with Crippen LogP contribution in [0.2, 0.25) is 0 Å². The van der Waals surface area contributed by atoms with E-state index in [-0.39, 0.29) is 10.6 Å². The summed E-state index contributed by atoms with van der Waals surface area (Å²) in [5, 5.41) is 13.9. The van der Waals surface area contributed by atoms with Crippen LogP contribution in [-0.4, -0.2) is 11.0 Å². The molecule has 0 amide bonds. The third-order valence-corrected chi connectivity index (χ3v) is 2.99. The fraction of sp³-hybridized carbons (Fsp3) is 0.385. The van der Waals surface area contributed by atoms with Crippen LogP contribution in [0.5, 0.6) is 0 Å². The van der Waals surface area contributed by atoms with Gasteiger partial charge in [0, 0.05) is 23.9 Å². The molecule has 4 heteroatoms. The van der Waals surface area contributed by atoms with Gasteiger partial charge in [-0.3, -0.25) is 10.1 Å². The molecule has 0 fully saturated rings. The van der Waals surface area contributed by atoms with E-state index in [0.717, 1.165) is 18.5 Å². The summed E-state index contributed by atoms with van der Waals surface area (Å²) in [6.07, 6.45) is 6.60. The molecule has 1 N–H and O–H groups in total. The monoisotopic (exact) mass is 232 g/mol. The summed E-state index contributed by atoms with van der Waals surface area (Å²) >= 11 is 0. The Morgan fingerprint density at radius 2 is 2.06 bits per heavy atom. The molecule has 0 heterocycles. The minimum atomic E-state index is -0.383. The lowest BCUT2D eigenvalue weighted by molar-refractivity contribution is -0.384. The number of nitro groups is 1. The fourth-order valence-electron chi connectivity index (χ4n) is 2.08. The van der Waals surface area contributed by atoms with Crippen LogP contribution >= 0.6 is 0 Å². The highest BCUT2D eigenvalue weighted by molar-refractivity contribution is 5.49. The average molecular weight is 232 g/mol. The van der Waals surface area contributed by atoms with Crippen LogP contribution in [0.25, 0.3) is 0 Å². The first-order chi connectivity index (χ1) is 8.15. The number of hydrogen-bond donors (Lipinski definition) is 1. The van der Waals surface area contributed by atoms with Crippen LogP contribution in [0.4, 0.5) is 11.4 Å². The predicted molar refractivity (Wildman–Crippen MR) is 68.0 cm³/mol. The van der Waals surface area contributed by atoms with Crippen molar-refractivity contribution in [2.24, 2.45) is 5.92 Å². The van der Waals surface area contributed by atoms with Crippen molar-refractivity contribution in [3.05, 3.63) is 46.5 Å². The van der Waals surface area contributed by atoms with Gasteiger partial charge in [-0.1, -0.05) is 19.1 Å². The number of nitrogens with zero attached hydrogens (tertiary/aromatic N) is 1. The smallest absolute Gasteiger partial charge is 0.269 e. The van der Waals surface area contributed by atoms with Crippen molar-refractivity contribution in [1.82, 2.24) is 0 Å². The minimum Gasteiger partial charge on any atom is -0.379 e. The number of allylic oxidation sites excluding steroid dienone is 1. The normalized spacial score (nSPS) is 23.4. The Bertz CT molecular complexity index is 426. The lowest BCUT2D eigenvalue weighted by Crippen LogP contribution is -2.22. The van der Waals surface area contributed by atoms with Gasteiger partial charge in [-0.25, -0.2) is 0 Å². The molecule has 2 atom stereocenters. The molecule has 0 aromatic heterocycles. The van der Waals surface area contributed by atoms with Crippen LogP contribution in [0.15, 0.2) is 36.4 Å². The van der Waals surface area contributed by atoms with E-state index in [2.05, 4.69) is 24.4 Å². The maximum Gasteiger partial charge on any atom is 0.269 e. The number of hydrogen-bond acceptors (Lipinski definition) is 3. The van der Waals surface area contributed by atoms with Crippen molar-refractivity contribution < 1.29 is 4.92 Å². The Balaban J connectivity index is 2.01. The molecule has 1 aliphatic rings. The maximum absolute atomic E-state index is 10.5. The molecule has 1 aliphatic carbocycles. The van der Waals surface area contributed by atoms with Crippen molar-refractivity contribution in [1.29, 1.82) is 0 Å². The van der Waals surface area contributed by atoms with Crippen LogP contribution in [-0.2, 0) is 0 Å². The van der Waals surface area contributed by atoms with Gasteiger partial charge in [0.15, 0.2) is 0 Å². The lowest BCUT2D eigenvalue weighted by Gasteiger charge is -2.23. The van der Waals surface area contributed by atoms with E-state index in [0.29, 0.717) is 12.0 Å². The summed E-state index contributed by atoms with van der Waals surface area (Å²) < 4.78 is 0. The van der Waals surface area contributed by atoms with E-state index in [1.54, 1.807) is 12.1 Å². The van der Waals surface area contributed by atoms with E-state index < -0.39 is 0 Å². The number of nitrogens with one attached hydrogen (secondary N) is 1. The highest BCUT2D eigenvalue weighted by Gasteiger charge is 2.14. The predicted octanol–water partition coefficient (Wildman–Crippen LogP) is 3.36. The number of rotatable bonds is 3. The Kier molecular flexibility index (Phi) is 3.42. The summed E-state index contributed by atoms with van der Waals surface area (Å²) in [6, 6.07) is 6.90.